The molecule has 0 fully saturated rings. The van der Waals surface area contributed by atoms with Gasteiger partial charge in [0.1, 0.15) is 11.5 Å². The van der Waals surface area contributed by atoms with Crippen molar-refractivity contribution in [3.05, 3.63) is 48.1 Å². The molecule has 1 rings (SSSR count). The van der Waals surface area contributed by atoms with E-state index in [-0.39, 0.29) is 13.0 Å². The molecule has 0 unspecified atom stereocenters. The summed E-state index contributed by atoms with van der Waals surface area (Å²) >= 11 is 0. The normalized spacial score (nSPS) is 9.88. The standard InChI is InChI=1S/C19H22O6/c1-12(2)18(21)23-10-6-7-17(20)25-16-9-8-15(11-14(16)5)24-19(22)13(3)4/h8-9,11H,1,3,6-7,10H2,2,4-5H3. The van der Waals surface area contributed by atoms with Gasteiger partial charge in [-0.05, 0) is 51.0 Å². The summed E-state index contributed by atoms with van der Waals surface area (Å²) in [5, 5.41) is 0. The number of benzene rings is 1. The molecular formula is C19H22O6. The van der Waals surface area contributed by atoms with Crippen LogP contribution in [0.15, 0.2) is 42.5 Å². The lowest BCUT2D eigenvalue weighted by atomic mass is 10.2. The highest BCUT2D eigenvalue weighted by Gasteiger charge is 2.11. The van der Waals surface area contributed by atoms with Crippen molar-refractivity contribution in [2.45, 2.75) is 33.6 Å². The van der Waals surface area contributed by atoms with Crippen LogP contribution in [0.3, 0.4) is 0 Å². The Bertz CT molecular complexity index is 702. The third kappa shape index (κ3) is 7.03. The minimum absolute atomic E-state index is 0.106. The van der Waals surface area contributed by atoms with Gasteiger partial charge in [0.25, 0.3) is 0 Å². The monoisotopic (exact) mass is 346 g/mol. The molecule has 0 saturated heterocycles. The van der Waals surface area contributed by atoms with E-state index in [2.05, 4.69) is 13.2 Å². The number of esters is 3. The fourth-order valence-corrected chi connectivity index (χ4v) is 1.67. The first-order chi connectivity index (χ1) is 11.7. The molecule has 0 aromatic heterocycles. The molecule has 0 N–H and O–H groups in total. The minimum Gasteiger partial charge on any atom is -0.462 e. The maximum absolute atomic E-state index is 11.8. The molecular weight excluding hydrogens is 324 g/mol. The zero-order chi connectivity index (χ0) is 19.0. The van der Waals surface area contributed by atoms with Crippen molar-refractivity contribution in [2.24, 2.45) is 0 Å². The second-order valence-electron chi connectivity index (χ2n) is 5.59. The predicted octanol–water partition coefficient (Wildman–Crippen LogP) is 3.28. The summed E-state index contributed by atoms with van der Waals surface area (Å²) < 4.78 is 15.3. The van der Waals surface area contributed by atoms with Gasteiger partial charge in [-0.15, -0.1) is 0 Å². The molecule has 25 heavy (non-hydrogen) atoms. The van der Waals surface area contributed by atoms with Gasteiger partial charge in [-0.3, -0.25) is 4.79 Å². The Balaban J connectivity index is 2.49. The molecule has 1 aromatic rings. The van der Waals surface area contributed by atoms with Crippen LogP contribution < -0.4 is 9.47 Å². The van der Waals surface area contributed by atoms with E-state index < -0.39 is 17.9 Å². The van der Waals surface area contributed by atoms with Crippen molar-refractivity contribution in [1.82, 2.24) is 0 Å². The van der Waals surface area contributed by atoms with E-state index in [0.717, 1.165) is 0 Å². The van der Waals surface area contributed by atoms with Gasteiger partial charge in [0.05, 0.1) is 6.61 Å². The Kier molecular flexibility index (Phi) is 7.59. The Labute approximate surface area is 147 Å². The molecule has 0 amide bonds. The number of ether oxygens (including phenoxy) is 3. The van der Waals surface area contributed by atoms with E-state index in [1.54, 1.807) is 32.9 Å². The van der Waals surface area contributed by atoms with Crippen molar-refractivity contribution >= 4 is 17.9 Å². The predicted molar refractivity (Wildman–Crippen MR) is 92.3 cm³/mol. The Morgan fingerprint density at radius 3 is 2.20 bits per heavy atom. The molecule has 0 saturated carbocycles. The van der Waals surface area contributed by atoms with E-state index in [1.165, 1.54) is 6.07 Å². The third-order valence-electron chi connectivity index (χ3n) is 3.04. The second kappa shape index (κ2) is 9.42. The maximum Gasteiger partial charge on any atom is 0.338 e. The lowest BCUT2D eigenvalue weighted by molar-refractivity contribution is -0.141. The molecule has 6 nitrogen and oxygen atoms in total. The quantitative estimate of drug-likeness (QED) is 0.311. The van der Waals surface area contributed by atoms with E-state index in [9.17, 15) is 14.4 Å². The summed E-state index contributed by atoms with van der Waals surface area (Å²) in [6, 6.07) is 4.68. The van der Waals surface area contributed by atoms with Crippen LogP contribution >= 0.6 is 0 Å². The molecule has 0 bridgehead atoms. The van der Waals surface area contributed by atoms with Gasteiger partial charge in [0.2, 0.25) is 0 Å². The molecule has 6 heteroatoms. The lowest BCUT2D eigenvalue weighted by Gasteiger charge is -2.10. The zero-order valence-electron chi connectivity index (χ0n) is 14.7. The van der Waals surface area contributed by atoms with Crippen LogP contribution in [0.2, 0.25) is 0 Å². The first-order valence-electron chi connectivity index (χ1n) is 7.72. The first-order valence-corrected chi connectivity index (χ1v) is 7.72. The van der Waals surface area contributed by atoms with Gasteiger partial charge >= 0.3 is 17.9 Å². The number of carbonyl (C=O) groups excluding carboxylic acids is 3. The summed E-state index contributed by atoms with van der Waals surface area (Å²) in [6.07, 6.45) is 0.459. The van der Waals surface area contributed by atoms with Gasteiger partial charge in [0, 0.05) is 17.6 Å². The van der Waals surface area contributed by atoms with Crippen LogP contribution in [0.1, 0.15) is 32.3 Å². The van der Waals surface area contributed by atoms with Crippen LogP contribution in [0, 0.1) is 6.92 Å². The molecule has 1 aromatic carbocycles. The van der Waals surface area contributed by atoms with Crippen molar-refractivity contribution in [2.75, 3.05) is 6.61 Å². The topological polar surface area (TPSA) is 78.9 Å². The van der Waals surface area contributed by atoms with Crippen molar-refractivity contribution < 1.29 is 28.6 Å². The average Bonchev–Trinajstić information content (AvgIpc) is 2.53. The summed E-state index contributed by atoms with van der Waals surface area (Å²) in [6.45, 7) is 11.9. The fourth-order valence-electron chi connectivity index (χ4n) is 1.67. The van der Waals surface area contributed by atoms with E-state index >= 15 is 0 Å². The molecule has 0 atom stereocenters. The Morgan fingerprint density at radius 2 is 1.64 bits per heavy atom. The largest absolute Gasteiger partial charge is 0.462 e. The number of rotatable bonds is 8. The van der Waals surface area contributed by atoms with Gasteiger partial charge in [-0.1, -0.05) is 13.2 Å². The molecule has 0 aliphatic carbocycles. The van der Waals surface area contributed by atoms with Crippen LogP contribution in [0.25, 0.3) is 0 Å². The summed E-state index contributed by atoms with van der Waals surface area (Å²) in [7, 11) is 0. The minimum atomic E-state index is -0.520. The van der Waals surface area contributed by atoms with Gasteiger partial charge in [-0.2, -0.15) is 0 Å². The summed E-state index contributed by atoms with van der Waals surface area (Å²) in [5.41, 5.74) is 1.25. The van der Waals surface area contributed by atoms with E-state index in [4.69, 9.17) is 14.2 Å². The molecule has 0 radical (unpaired) electrons. The summed E-state index contributed by atoms with van der Waals surface area (Å²) in [5.74, 6) is -0.727. The third-order valence-corrected chi connectivity index (χ3v) is 3.04. The molecule has 0 heterocycles. The SMILES string of the molecule is C=C(C)C(=O)OCCCC(=O)Oc1ccc(OC(=O)C(=C)C)cc1C. The zero-order valence-corrected chi connectivity index (χ0v) is 14.7. The molecule has 0 aliphatic heterocycles. The smallest absolute Gasteiger partial charge is 0.338 e. The number of aryl methyl sites for hydroxylation is 1. The lowest BCUT2D eigenvalue weighted by Crippen LogP contribution is -2.12. The molecule has 134 valence electrons. The highest BCUT2D eigenvalue weighted by Crippen LogP contribution is 2.24. The number of hydrogen-bond donors (Lipinski definition) is 0. The van der Waals surface area contributed by atoms with Crippen molar-refractivity contribution in [1.29, 1.82) is 0 Å². The maximum atomic E-state index is 11.8. The Hall–Kier alpha value is -2.89. The fraction of sp³-hybridized carbons (Fsp3) is 0.316. The molecule has 0 spiro atoms. The van der Waals surface area contributed by atoms with Gasteiger partial charge < -0.3 is 14.2 Å². The van der Waals surface area contributed by atoms with E-state index in [1.807, 2.05) is 0 Å². The van der Waals surface area contributed by atoms with Crippen molar-refractivity contribution in [3.8, 4) is 11.5 Å². The second-order valence-corrected chi connectivity index (χ2v) is 5.59. The first kappa shape index (κ1) is 20.2. The van der Waals surface area contributed by atoms with Crippen LogP contribution in [-0.2, 0) is 19.1 Å². The molecule has 0 aliphatic rings. The highest BCUT2D eigenvalue weighted by molar-refractivity contribution is 5.88. The summed E-state index contributed by atoms with van der Waals surface area (Å²) in [4.78, 5) is 34.5. The average molecular weight is 346 g/mol. The van der Waals surface area contributed by atoms with Crippen LogP contribution in [-0.4, -0.2) is 24.5 Å². The van der Waals surface area contributed by atoms with E-state index in [0.29, 0.717) is 34.6 Å². The highest BCUT2D eigenvalue weighted by atomic mass is 16.5. The van der Waals surface area contributed by atoms with Crippen molar-refractivity contribution in [3.63, 3.8) is 0 Å². The van der Waals surface area contributed by atoms with Crippen LogP contribution in [0.5, 0.6) is 11.5 Å². The number of carbonyl (C=O) groups is 3. The van der Waals surface area contributed by atoms with Gasteiger partial charge in [-0.25, -0.2) is 9.59 Å². The number of hydrogen-bond acceptors (Lipinski definition) is 6. The van der Waals surface area contributed by atoms with Crippen LogP contribution in [0.4, 0.5) is 0 Å². The van der Waals surface area contributed by atoms with Gasteiger partial charge in [0.15, 0.2) is 0 Å². The Morgan fingerprint density at radius 1 is 1.00 bits per heavy atom.